The van der Waals surface area contributed by atoms with Gasteiger partial charge in [0.25, 0.3) is 0 Å². The van der Waals surface area contributed by atoms with Gasteiger partial charge in [0, 0.05) is 18.3 Å². The van der Waals surface area contributed by atoms with Crippen molar-refractivity contribution in [2.75, 3.05) is 0 Å². The van der Waals surface area contributed by atoms with E-state index in [1.807, 2.05) is 6.08 Å². The number of amides is 1. The van der Waals surface area contributed by atoms with Gasteiger partial charge in [0.15, 0.2) is 0 Å². The highest BCUT2D eigenvalue weighted by molar-refractivity contribution is 5.89. The third-order valence-electron chi connectivity index (χ3n) is 1.62. The van der Waals surface area contributed by atoms with Gasteiger partial charge in [-0.1, -0.05) is 6.08 Å². The lowest BCUT2D eigenvalue weighted by Gasteiger charge is -2.04. The Bertz CT molecular complexity index is 206. The van der Waals surface area contributed by atoms with Gasteiger partial charge in [-0.15, -0.1) is 0 Å². The molecule has 0 aliphatic carbocycles. The van der Waals surface area contributed by atoms with Crippen LogP contribution in [0, 0.1) is 0 Å². The summed E-state index contributed by atoms with van der Waals surface area (Å²) in [7, 11) is 0. The second-order valence-corrected chi connectivity index (χ2v) is 2.59. The van der Waals surface area contributed by atoms with Crippen LogP contribution in [0.15, 0.2) is 17.3 Å². The molecule has 0 saturated carbocycles. The van der Waals surface area contributed by atoms with Crippen LogP contribution in [0.2, 0.25) is 0 Å². The maximum Gasteiger partial charge on any atom is 0.217 e. The van der Waals surface area contributed by atoms with E-state index in [1.54, 1.807) is 6.20 Å². The zero-order chi connectivity index (χ0) is 8.10. The van der Waals surface area contributed by atoms with Crippen LogP contribution in [-0.2, 0) is 4.79 Å². The Labute approximate surface area is 66.0 Å². The summed E-state index contributed by atoms with van der Waals surface area (Å²) in [6.45, 7) is 0. The van der Waals surface area contributed by atoms with Gasteiger partial charge in [-0.2, -0.15) is 0 Å². The van der Waals surface area contributed by atoms with Crippen molar-refractivity contribution in [2.45, 2.75) is 25.7 Å². The highest BCUT2D eigenvalue weighted by Crippen LogP contribution is 2.06. The van der Waals surface area contributed by atoms with Gasteiger partial charge in [0.05, 0.1) is 0 Å². The first-order valence-electron chi connectivity index (χ1n) is 3.78. The molecule has 3 heteroatoms. The van der Waals surface area contributed by atoms with Crippen LogP contribution in [0.3, 0.4) is 0 Å². The van der Waals surface area contributed by atoms with E-state index in [9.17, 15) is 4.79 Å². The minimum absolute atomic E-state index is 0.248. The van der Waals surface area contributed by atoms with Crippen LogP contribution in [0.5, 0.6) is 0 Å². The smallest absolute Gasteiger partial charge is 0.217 e. The van der Waals surface area contributed by atoms with Crippen LogP contribution in [0.1, 0.15) is 25.7 Å². The van der Waals surface area contributed by atoms with E-state index in [0.717, 1.165) is 25.0 Å². The number of nitrogens with zero attached hydrogens (tertiary/aromatic N) is 1. The minimum Gasteiger partial charge on any atom is -0.370 e. The van der Waals surface area contributed by atoms with Crippen LogP contribution in [-0.4, -0.2) is 11.6 Å². The van der Waals surface area contributed by atoms with E-state index in [1.165, 1.54) is 0 Å². The first kappa shape index (κ1) is 7.98. The fraction of sp³-hybridized carbons (Fsp3) is 0.500. The lowest BCUT2D eigenvalue weighted by Crippen LogP contribution is -2.13. The van der Waals surface area contributed by atoms with Crippen molar-refractivity contribution < 1.29 is 4.79 Å². The SMILES string of the molecule is NC(=O)CCC1=NC=CCC1. The van der Waals surface area contributed by atoms with Crippen molar-refractivity contribution in [2.24, 2.45) is 10.7 Å². The van der Waals surface area contributed by atoms with Crippen molar-refractivity contribution >= 4 is 11.6 Å². The Morgan fingerprint density at radius 3 is 3.09 bits per heavy atom. The predicted octanol–water partition coefficient (Wildman–Crippen LogP) is 1.00. The maximum absolute atomic E-state index is 10.4. The number of hydrogen-bond acceptors (Lipinski definition) is 2. The van der Waals surface area contributed by atoms with Gasteiger partial charge < -0.3 is 5.73 Å². The Balaban J connectivity index is 2.31. The third-order valence-corrected chi connectivity index (χ3v) is 1.62. The molecule has 0 aromatic carbocycles. The summed E-state index contributed by atoms with van der Waals surface area (Å²) < 4.78 is 0. The monoisotopic (exact) mass is 152 g/mol. The summed E-state index contributed by atoms with van der Waals surface area (Å²) >= 11 is 0. The quantitative estimate of drug-likeness (QED) is 0.644. The van der Waals surface area contributed by atoms with Crippen LogP contribution < -0.4 is 5.73 Å². The molecule has 60 valence electrons. The zero-order valence-electron chi connectivity index (χ0n) is 6.42. The van der Waals surface area contributed by atoms with Crippen molar-refractivity contribution in [1.82, 2.24) is 0 Å². The van der Waals surface area contributed by atoms with Gasteiger partial charge in [0.1, 0.15) is 0 Å². The molecule has 0 radical (unpaired) electrons. The molecule has 1 aliphatic rings. The highest BCUT2D eigenvalue weighted by atomic mass is 16.1. The zero-order valence-corrected chi connectivity index (χ0v) is 6.42. The van der Waals surface area contributed by atoms with Gasteiger partial charge >= 0.3 is 0 Å². The van der Waals surface area contributed by atoms with Crippen LogP contribution in [0.4, 0.5) is 0 Å². The average Bonchev–Trinajstić information content (AvgIpc) is 2.03. The third kappa shape index (κ3) is 2.98. The van der Waals surface area contributed by atoms with Gasteiger partial charge in [-0.25, -0.2) is 0 Å². The first-order valence-corrected chi connectivity index (χ1v) is 3.78. The van der Waals surface area contributed by atoms with E-state index >= 15 is 0 Å². The molecule has 1 amide bonds. The molecule has 1 heterocycles. The molecular weight excluding hydrogens is 140 g/mol. The normalized spacial score (nSPS) is 16.2. The van der Waals surface area contributed by atoms with Crippen molar-refractivity contribution in [3.63, 3.8) is 0 Å². The lowest BCUT2D eigenvalue weighted by atomic mass is 10.1. The summed E-state index contributed by atoms with van der Waals surface area (Å²) in [6, 6.07) is 0. The topological polar surface area (TPSA) is 55.5 Å². The molecule has 0 aromatic heterocycles. The number of rotatable bonds is 3. The number of hydrogen-bond donors (Lipinski definition) is 1. The Kier molecular flexibility index (Phi) is 2.83. The van der Waals surface area contributed by atoms with Crippen LogP contribution >= 0.6 is 0 Å². The lowest BCUT2D eigenvalue weighted by molar-refractivity contribution is -0.117. The van der Waals surface area contributed by atoms with E-state index in [-0.39, 0.29) is 5.91 Å². The highest BCUT2D eigenvalue weighted by Gasteiger charge is 2.02. The molecule has 0 spiro atoms. The standard InChI is InChI=1S/C8H12N2O/c9-8(11)5-4-7-3-1-2-6-10-7/h2,6H,1,3-5H2,(H2,9,11). The molecule has 11 heavy (non-hydrogen) atoms. The second kappa shape index (κ2) is 3.91. The summed E-state index contributed by atoms with van der Waals surface area (Å²) in [5.41, 5.74) is 6.09. The number of carbonyl (C=O) groups is 1. The number of primary amides is 1. The maximum atomic E-state index is 10.4. The van der Waals surface area contributed by atoms with Crippen molar-refractivity contribution in [1.29, 1.82) is 0 Å². The summed E-state index contributed by atoms with van der Waals surface area (Å²) in [5.74, 6) is -0.248. The summed E-state index contributed by atoms with van der Waals surface area (Å²) in [5, 5.41) is 0. The molecule has 1 aliphatic heterocycles. The molecule has 1 rings (SSSR count). The minimum atomic E-state index is -0.248. The molecule has 0 aromatic rings. The molecule has 0 unspecified atom stereocenters. The average molecular weight is 152 g/mol. The molecule has 2 N–H and O–H groups in total. The number of nitrogens with two attached hydrogens (primary N) is 1. The van der Waals surface area contributed by atoms with E-state index in [4.69, 9.17) is 5.73 Å². The van der Waals surface area contributed by atoms with E-state index < -0.39 is 0 Å². The van der Waals surface area contributed by atoms with Crippen molar-refractivity contribution in [3.8, 4) is 0 Å². The van der Waals surface area contributed by atoms with Gasteiger partial charge in [0.2, 0.25) is 5.91 Å². The largest absolute Gasteiger partial charge is 0.370 e. The molecule has 0 fully saturated rings. The Morgan fingerprint density at radius 1 is 1.73 bits per heavy atom. The summed E-state index contributed by atoms with van der Waals surface area (Å²) in [4.78, 5) is 14.5. The van der Waals surface area contributed by atoms with Crippen molar-refractivity contribution in [3.05, 3.63) is 12.3 Å². The van der Waals surface area contributed by atoms with E-state index in [0.29, 0.717) is 6.42 Å². The molecule has 0 saturated heterocycles. The Hall–Kier alpha value is -1.12. The summed E-state index contributed by atoms with van der Waals surface area (Å²) in [6.07, 6.45) is 6.97. The second-order valence-electron chi connectivity index (χ2n) is 2.59. The van der Waals surface area contributed by atoms with Crippen LogP contribution in [0.25, 0.3) is 0 Å². The van der Waals surface area contributed by atoms with Gasteiger partial charge in [-0.05, 0) is 19.3 Å². The Morgan fingerprint density at radius 2 is 2.55 bits per heavy atom. The molecule has 3 nitrogen and oxygen atoms in total. The van der Waals surface area contributed by atoms with Gasteiger partial charge in [-0.3, -0.25) is 9.79 Å². The number of aliphatic imine (C=N–C) groups is 1. The predicted molar refractivity (Wildman–Crippen MR) is 44.2 cm³/mol. The molecule has 0 atom stereocenters. The fourth-order valence-electron chi connectivity index (χ4n) is 1.00. The molecular formula is C8H12N2O. The fourth-order valence-corrected chi connectivity index (χ4v) is 1.00. The molecule has 0 bridgehead atoms. The number of carbonyl (C=O) groups excluding carboxylic acids is 1. The van der Waals surface area contributed by atoms with E-state index in [2.05, 4.69) is 4.99 Å². The number of allylic oxidation sites excluding steroid dienone is 1. The first-order chi connectivity index (χ1) is 5.29.